The molecule has 8 nitrogen and oxygen atoms in total. The lowest BCUT2D eigenvalue weighted by Crippen LogP contribution is -2.27. The molecular weight excluding hydrogens is 605 g/mol. The van der Waals surface area contributed by atoms with Crippen molar-refractivity contribution in [2.24, 2.45) is 5.10 Å². The van der Waals surface area contributed by atoms with Gasteiger partial charge in [-0.05, 0) is 60.2 Å². The number of phenolic OH excluding ortho intramolecular Hbond substituents is 1. The van der Waals surface area contributed by atoms with Crippen LogP contribution in [0.2, 0.25) is 4.34 Å². The van der Waals surface area contributed by atoms with Gasteiger partial charge in [0.05, 0.1) is 35.8 Å². The third kappa shape index (κ3) is 5.28. The number of hydrazone groups is 1. The molecule has 0 saturated carbocycles. The minimum atomic E-state index is -4.76. The van der Waals surface area contributed by atoms with E-state index in [1.54, 1.807) is 48.5 Å². The molecule has 1 N–H and O–H groups in total. The molecule has 1 aliphatic heterocycles. The SMILES string of the molecule is COc1ccc(C2=NN(C(=O)c3cc4cc(-c5ccc(Cl)s5)cc(C(F)(F)F)n4n3)C(c3ccccc3O)C2)cc1OC. The van der Waals surface area contributed by atoms with E-state index in [1.165, 1.54) is 32.4 Å². The van der Waals surface area contributed by atoms with E-state index in [4.69, 9.17) is 21.1 Å². The first-order valence-corrected chi connectivity index (χ1v) is 14.0. The van der Waals surface area contributed by atoms with E-state index in [2.05, 4.69) is 10.2 Å². The molecule has 0 saturated heterocycles. The highest BCUT2D eigenvalue weighted by Crippen LogP contribution is 2.40. The summed E-state index contributed by atoms with van der Waals surface area (Å²) in [4.78, 5) is 14.5. The highest BCUT2D eigenvalue weighted by atomic mass is 35.5. The Balaban J connectivity index is 1.46. The number of aromatic hydroxyl groups is 1. The van der Waals surface area contributed by atoms with Crippen LogP contribution in [-0.2, 0) is 6.18 Å². The average molecular weight is 627 g/mol. The van der Waals surface area contributed by atoms with E-state index in [0.717, 1.165) is 22.4 Å². The second-order valence-corrected chi connectivity index (χ2v) is 11.4. The van der Waals surface area contributed by atoms with Crippen LogP contribution in [0.25, 0.3) is 16.0 Å². The molecule has 0 aliphatic carbocycles. The molecule has 1 unspecified atom stereocenters. The normalized spacial score (nSPS) is 15.2. The quantitative estimate of drug-likeness (QED) is 0.212. The monoisotopic (exact) mass is 626 g/mol. The maximum Gasteiger partial charge on any atom is 0.433 e. The van der Waals surface area contributed by atoms with Crippen molar-refractivity contribution >= 4 is 40.1 Å². The highest BCUT2D eigenvalue weighted by Gasteiger charge is 2.38. The summed E-state index contributed by atoms with van der Waals surface area (Å²) in [6, 6.07) is 18.0. The van der Waals surface area contributed by atoms with Gasteiger partial charge in [0.25, 0.3) is 5.91 Å². The van der Waals surface area contributed by atoms with Crippen LogP contribution in [0.1, 0.15) is 39.8 Å². The third-order valence-corrected chi connectivity index (χ3v) is 8.34. The lowest BCUT2D eigenvalue weighted by Gasteiger charge is -2.21. The molecule has 0 bridgehead atoms. The fraction of sp³-hybridized carbons (Fsp3) is 0.167. The molecule has 43 heavy (non-hydrogen) atoms. The van der Waals surface area contributed by atoms with Crippen LogP contribution in [0, 0.1) is 0 Å². The number of carbonyl (C=O) groups is 1. The molecule has 13 heteroatoms. The van der Waals surface area contributed by atoms with E-state index >= 15 is 0 Å². The highest BCUT2D eigenvalue weighted by molar-refractivity contribution is 7.19. The number of hydrogen-bond acceptors (Lipinski definition) is 7. The van der Waals surface area contributed by atoms with E-state index < -0.39 is 23.8 Å². The van der Waals surface area contributed by atoms with Gasteiger partial charge < -0.3 is 14.6 Å². The van der Waals surface area contributed by atoms with Crippen LogP contribution >= 0.6 is 22.9 Å². The molecule has 1 atom stereocenters. The number of para-hydroxylation sites is 1. The Morgan fingerprint density at radius 2 is 1.77 bits per heavy atom. The van der Waals surface area contributed by atoms with Crippen LogP contribution in [0.5, 0.6) is 17.2 Å². The Kier molecular flexibility index (Phi) is 7.26. The number of amides is 1. The van der Waals surface area contributed by atoms with Crippen molar-refractivity contribution in [1.82, 2.24) is 14.6 Å². The number of ether oxygens (including phenoxy) is 2. The maximum absolute atomic E-state index is 14.2. The number of carbonyl (C=O) groups excluding carboxylic acids is 1. The van der Waals surface area contributed by atoms with Gasteiger partial charge in [-0.2, -0.15) is 23.4 Å². The van der Waals surface area contributed by atoms with Gasteiger partial charge in [-0.1, -0.05) is 29.8 Å². The standard InChI is InChI=1S/C30H22ClF3N4O4S/c1-41-24-8-7-16(12-25(24)42-2)20-15-22(19-5-3-4-6-23(19)39)38(35-20)29(40)21-14-18-11-17(26-9-10-28(31)43-26)13-27(30(32,33)34)37(18)36-21/h3-14,22,39H,15H2,1-2H3. The van der Waals surface area contributed by atoms with Crippen LogP contribution in [-0.4, -0.2) is 45.6 Å². The summed E-state index contributed by atoms with van der Waals surface area (Å²) < 4.78 is 54.4. The summed E-state index contributed by atoms with van der Waals surface area (Å²) in [6.07, 6.45) is -4.55. The van der Waals surface area contributed by atoms with Crippen LogP contribution in [0.4, 0.5) is 13.2 Å². The van der Waals surface area contributed by atoms with Gasteiger partial charge in [-0.25, -0.2) is 9.52 Å². The number of rotatable bonds is 6. The van der Waals surface area contributed by atoms with Gasteiger partial charge in [-0.3, -0.25) is 4.79 Å². The summed E-state index contributed by atoms with van der Waals surface area (Å²) in [6.45, 7) is 0. The number of thiophene rings is 1. The number of pyridine rings is 1. The van der Waals surface area contributed by atoms with Crippen LogP contribution in [0.3, 0.4) is 0 Å². The van der Waals surface area contributed by atoms with Gasteiger partial charge in [-0.15, -0.1) is 11.3 Å². The first-order valence-electron chi connectivity index (χ1n) is 12.9. The van der Waals surface area contributed by atoms with Gasteiger partial charge in [0, 0.05) is 22.4 Å². The number of methoxy groups -OCH3 is 2. The number of alkyl halides is 3. The second-order valence-electron chi connectivity index (χ2n) is 9.64. The van der Waals surface area contributed by atoms with Gasteiger partial charge in [0.15, 0.2) is 17.2 Å². The molecule has 2 aromatic carbocycles. The molecule has 1 aliphatic rings. The minimum absolute atomic E-state index is 0.0531. The smallest absolute Gasteiger partial charge is 0.433 e. The Morgan fingerprint density at radius 1 is 1.00 bits per heavy atom. The Bertz CT molecular complexity index is 1900. The second kappa shape index (κ2) is 10.9. The fourth-order valence-corrected chi connectivity index (χ4v) is 6.07. The molecule has 4 heterocycles. The van der Waals surface area contributed by atoms with E-state index in [1.807, 2.05) is 0 Å². The predicted octanol–water partition coefficient (Wildman–Crippen LogP) is 7.45. The number of halogens is 4. The molecule has 1 amide bonds. The Hall–Kier alpha value is -4.55. The van der Waals surface area contributed by atoms with Crippen molar-refractivity contribution in [3.8, 4) is 27.7 Å². The molecule has 6 rings (SSSR count). The van der Waals surface area contributed by atoms with Crippen LogP contribution in [0.15, 0.2) is 77.9 Å². The number of nitrogens with zero attached hydrogens (tertiary/aromatic N) is 4. The third-order valence-electron chi connectivity index (χ3n) is 7.06. The van der Waals surface area contributed by atoms with Crippen LogP contribution < -0.4 is 9.47 Å². The number of benzene rings is 2. The first-order chi connectivity index (χ1) is 20.6. The maximum atomic E-state index is 14.2. The lowest BCUT2D eigenvalue weighted by molar-refractivity contribution is -0.142. The largest absolute Gasteiger partial charge is 0.508 e. The first kappa shape index (κ1) is 28.6. The molecule has 0 spiro atoms. The van der Waals surface area contributed by atoms with Gasteiger partial charge in [0.2, 0.25) is 0 Å². The van der Waals surface area contributed by atoms with Crippen molar-refractivity contribution in [1.29, 1.82) is 0 Å². The molecule has 3 aromatic heterocycles. The molecule has 220 valence electrons. The van der Waals surface area contributed by atoms with Crippen molar-refractivity contribution in [2.45, 2.75) is 18.6 Å². The van der Waals surface area contributed by atoms with Crippen molar-refractivity contribution in [3.05, 3.63) is 99.6 Å². The molecule has 5 aromatic rings. The van der Waals surface area contributed by atoms with Gasteiger partial charge >= 0.3 is 6.18 Å². The Labute approximate surface area is 252 Å². The topological polar surface area (TPSA) is 88.7 Å². The van der Waals surface area contributed by atoms with E-state index in [-0.39, 0.29) is 28.9 Å². The lowest BCUT2D eigenvalue weighted by atomic mass is 9.97. The summed E-state index contributed by atoms with van der Waals surface area (Å²) in [5.41, 5.74) is 0.631. The molecular formula is C30H22ClF3N4O4S. The number of aromatic nitrogens is 2. The van der Waals surface area contributed by atoms with Crippen molar-refractivity contribution < 1.29 is 32.5 Å². The summed E-state index contributed by atoms with van der Waals surface area (Å²) >= 11 is 7.16. The molecule has 0 fully saturated rings. The minimum Gasteiger partial charge on any atom is -0.508 e. The summed E-state index contributed by atoms with van der Waals surface area (Å²) in [7, 11) is 3.01. The predicted molar refractivity (Wildman–Crippen MR) is 156 cm³/mol. The zero-order valence-electron chi connectivity index (χ0n) is 22.6. The van der Waals surface area contributed by atoms with E-state index in [9.17, 15) is 23.1 Å². The molecule has 0 radical (unpaired) electrons. The van der Waals surface area contributed by atoms with E-state index in [0.29, 0.717) is 42.1 Å². The summed E-state index contributed by atoms with van der Waals surface area (Å²) in [5, 5.41) is 20.5. The zero-order chi connectivity index (χ0) is 30.5. The average Bonchev–Trinajstić information content (AvgIpc) is 3.74. The Morgan fingerprint density at radius 3 is 2.44 bits per heavy atom. The zero-order valence-corrected chi connectivity index (χ0v) is 24.2. The number of hydrogen-bond donors (Lipinski definition) is 1. The van der Waals surface area contributed by atoms with Gasteiger partial charge in [0.1, 0.15) is 11.4 Å². The summed E-state index contributed by atoms with van der Waals surface area (Å²) in [5.74, 6) is 0.169. The van der Waals surface area contributed by atoms with Crippen molar-refractivity contribution in [2.75, 3.05) is 14.2 Å². The number of phenols is 1. The van der Waals surface area contributed by atoms with Crippen molar-refractivity contribution in [3.63, 3.8) is 0 Å². The fourth-order valence-electron chi connectivity index (χ4n) is 5.04. The number of fused-ring (bicyclic) bond motifs is 1.